The summed E-state index contributed by atoms with van der Waals surface area (Å²) in [7, 11) is 0. The second-order valence-electron chi connectivity index (χ2n) is 4.20. The van der Waals surface area contributed by atoms with Gasteiger partial charge in [-0.25, -0.2) is 0 Å². The van der Waals surface area contributed by atoms with Crippen LogP contribution < -0.4 is 9.47 Å². The summed E-state index contributed by atoms with van der Waals surface area (Å²) in [6, 6.07) is 27.6. The molecule has 3 aromatic carbocycles. The topological polar surface area (TPSA) is 18.5 Å². The van der Waals surface area contributed by atoms with Crippen LogP contribution in [0.3, 0.4) is 0 Å². The summed E-state index contributed by atoms with van der Waals surface area (Å²) in [6.07, 6.45) is 0. The van der Waals surface area contributed by atoms with E-state index >= 15 is 0 Å². The van der Waals surface area contributed by atoms with Crippen LogP contribution in [0.2, 0.25) is 0 Å². The van der Waals surface area contributed by atoms with Crippen molar-refractivity contribution in [2.75, 3.05) is 0 Å². The van der Waals surface area contributed by atoms with Gasteiger partial charge in [-0.1, -0.05) is 42.5 Å². The number of ether oxygens (including phenoxy) is 2. The van der Waals surface area contributed by atoms with Crippen molar-refractivity contribution in [3.63, 3.8) is 0 Å². The van der Waals surface area contributed by atoms with E-state index in [1.807, 2.05) is 78.9 Å². The van der Waals surface area contributed by atoms with Crippen LogP contribution in [0.5, 0.6) is 23.0 Å². The molecule has 0 aliphatic carbocycles. The molecule has 3 aromatic rings. The van der Waals surface area contributed by atoms with Crippen LogP contribution in [-0.4, -0.2) is 0 Å². The van der Waals surface area contributed by atoms with E-state index in [1.165, 1.54) is 0 Å². The highest BCUT2D eigenvalue weighted by Crippen LogP contribution is 2.34. The molecule has 3 rings (SSSR count). The van der Waals surface area contributed by atoms with Gasteiger partial charge >= 0.3 is 0 Å². The Morgan fingerprint density at radius 3 is 1.65 bits per heavy atom. The van der Waals surface area contributed by atoms with E-state index in [-0.39, 0.29) is 0 Å². The fourth-order valence-corrected chi connectivity index (χ4v) is 1.80. The second-order valence-corrected chi connectivity index (χ2v) is 4.20. The largest absolute Gasteiger partial charge is 0.453 e. The Morgan fingerprint density at radius 1 is 0.550 bits per heavy atom. The molecule has 0 spiro atoms. The van der Waals surface area contributed by atoms with E-state index < -0.39 is 0 Å². The lowest BCUT2D eigenvalue weighted by atomic mass is 10.3. The van der Waals surface area contributed by atoms with Gasteiger partial charge in [0.25, 0.3) is 0 Å². The Balaban J connectivity index is 1.85. The third-order valence-corrected chi connectivity index (χ3v) is 2.74. The molecule has 0 unspecified atom stereocenters. The van der Waals surface area contributed by atoms with Crippen molar-refractivity contribution in [2.24, 2.45) is 0 Å². The Bertz CT molecular complexity index is 603. The monoisotopic (exact) mass is 261 g/mol. The number of hydrogen-bond acceptors (Lipinski definition) is 2. The van der Waals surface area contributed by atoms with Gasteiger partial charge in [0.1, 0.15) is 11.5 Å². The molecule has 0 aliphatic heterocycles. The van der Waals surface area contributed by atoms with Gasteiger partial charge < -0.3 is 9.47 Å². The van der Waals surface area contributed by atoms with Crippen molar-refractivity contribution >= 4 is 0 Å². The summed E-state index contributed by atoms with van der Waals surface area (Å²) in [6.45, 7) is 0. The third kappa shape index (κ3) is 2.98. The smallest absolute Gasteiger partial charge is 0.169 e. The molecule has 2 heteroatoms. The number of rotatable bonds is 4. The minimum absolute atomic E-state index is 0.683. The molecule has 0 atom stereocenters. The van der Waals surface area contributed by atoms with E-state index in [4.69, 9.17) is 9.47 Å². The molecule has 0 bridgehead atoms. The van der Waals surface area contributed by atoms with E-state index in [9.17, 15) is 0 Å². The average molecular weight is 261 g/mol. The third-order valence-electron chi connectivity index (χ3n) is 2.74. The van der Waals surface area contributed by atoms with Crippen LogP contribution in [0.1, 0.15) is 0 Å². The molecular weight excluding hydrogens is 248 g/mol. The Hall–Kier alpha value is -2.74. The predicted molar refractivity (Wildman–Crippen MR) is 78.3 cm³/mol. The van der Waals surface area contributed by atoms with E-state index in [0.29, 0.717) is 11.5 Å². The lowest BCUT2D eigenvalue weighted by Gasteiger charge is -2.11. The van der Waals surface area contributed by atoms with Gasteiger partial charge in [0, 0.05) is 0 Å². The molecule has 97 valence electrons. The zero-order chi connectivity index (χ0) is 13.6. The average Bonchev–Trinajstić information content (AvgIpc) is 2.51. The van der Waals surface area contributed by atoms with Crippen molar-refractivity contribution in [1.29, 1.82) is 0 Å². The normalized spacial score (nSPS) is 10.0. The molecule has 2 nitrogen and oxygen atoms in total. The fourth-order valence-electron chi connectivity index (χ4n) is 1.80. The van der Waals surface area contributed by atoms with Crippen molar-refractivity contribution < 1.29 is 9.47 Å². The summed E-state index contributed by atoms with van der Waals surface area (Å²) in [5.41, 5.74) is 0. The van der Waals surface area contributed by atoms with Crippen LogP contribution in [0.4, 0.5) is 0 Å². The standard InChI is InChI=1S/C18H13O2/c1-3-9-15(10-4-1)19-17-13-7-8-14-18(17)20-16-11-5-2-6-12-16/h1,3-14H. The lowest BCUT2D eigenvalue weighted by molar-refractivity contribution is 0.419. The first kappa shape index (κ1) is 12.3. The van der Waals surface area contributed by atoms with Crippen LogP contribution in [-0.2, 0) is 0 Å². The highest BCUT2D eigenvalue weighted by molar-refractivity contribution is 5.45. The molecular formula is C18H13O2. The Kier molecular flexibility index (Phi) is 3.65. The predicted octanol–water partition coefficient (Wildman–Crippen LogP) is 5.07. The van der Waals surface area contributed by atoms with Crippen LogP contribution in [0.25, 0.3) is 0 Å². The zero-order valence-electron chi connectivity index (χ0n) is 10.8. The van der Waals surface area contributed by atoms with Crippen LogP contribution in [0, 0.1) is 6.07 Å². The van der Waals surface area contributed by atoms with Crippen LogP contribution >= 0.6 is 0 Å². The van der Waals surface area contributed by atoms with Crippen LogP contribution in [0.15, 0.2) is 78.9 Å². The number of hydrogen-bond donors (Lipinski definition) is 0. The summed E-state index contributed by atoms with van der Waals surface area (Å²) in [5.74, 6) is 2.91. The maximum atomic E-state index is 5.85. The van der Waals surface area contributed by atoms with Gasteiger partial charge in [-0.3, -0.25) is 0 Å². The number of para-hydroxylation sites is 3. The first-order chi connectivity index (χ1) is 9.92. The number of benzene rings is 3. The SMILES string of the molecule is [c]1ccc(Oc2ccccc2Oc2ccccc2)cc1. The molecule has 0 aromatic heterocycles. The highest BCUT2D eigenvalue weighted by Gasteiger charge is 2.06. The fraction of sp³-hybridized carbons (Fsp3) is 0. The lowest BCUT2D eigenvalue weighted by Crippen LogP contribution is -1.89. The van der Waals surface area contributed by atoms with Gasteiger partial charge in [0.05, 0.1) is 0 Å². The molecule has 0 fully saturated rings. The highest BCUT2D eigenvalue weighted by atomic mass is 16.5. The molecule has 1 radical (unpaired) electrons. The van der Waals surface area contributed by atoms with E-state index in [1.54, 1.807) is 0 Å². The molecule has 0 saturated carbocycles. The first-order valence-electron chi connectivity index (χ1n) is 6.38. The van der Waals surface area contributed by atoms with Gasteiger partial charge in [0.2, 0.25) is 0 Å². The zero-order valence-corrected chi connectivity index (χ0v) is 10.8. The first-order valence-corrected chi connectivity index (χ1v) is 6.38. The van der Waals surface area contributed by atoms with Gasteiger partial charge in [0.15, 0.2) is 11.5 Å². The minimum atomic E-state index is 0.683. The van der Waals surface area contributed by atoms with E-state index in [2.05, 4.69) is 6.07 Å². The van der Waals surface area contributed by atoms with Crippen molar-refractivity contribution in [3.8, 4) is 23.0 Å². The molecule has 0 aliphatic rings. The summed E-state index contributed by atoms with van der Waals surface area (Å²) in [5, 5.41) is 0. The maximum Gasteiger partial charge on any atom is 0.169 e. The van der Waals surface area contributed by atoms with Gasteiger partial charge in [-0.2, -0.15) is 0 Å². The molecule has 0 saturated heterocycles. The minimum Gasteiger partial charge on any atom is -0.453 e. The molecule has 0 amide bonds. The maximum absolute atomic E-state index is 5.85. The molecule has 0 N–H and O–H groups in total. The van der Waals surface area contributed by atoms with Crippen molar-refractivity contribution in [1.82, 2.24) is 0 Å². The van der Waals surface area contributed by atoms with Gasteiger partial charge in [-0.05, 0) is 42.5 Å². The van der Waals surface area contributed by atoms with E-state index in [0.717, 1.165) is 11.5 Å². The second kappa shape index (κ2) is 5.93. The summed E-state index contributed by atoms with van der Waals surface area (Å²) in [4.78, 5) is 0. The molecule has 0 heterocycles. The van der Waals surface area contributed by atoms with Gasteiger partial charge in [-0.15, -0.1) is 0 Å². The Morgan fingerprint density at radius 2 is 1.05 bits per heavy atom. The van der Waals surface area contributed by atoms with Crippen molar-refractivity contribution in [2.45, 2.75) is 0 Å². The van der Waals surface area contributed by atoms with Crippen molar-refractivity contribution in [3.05, 3.63) is 84.9 Å². The Labute approximate surface area is 118 Å². The molecule has 20 heavy (non-hydrogen) atoms. The summed E-state index contributed by atoms with van der Waals surface area (Å²) >= 11 is 0. The summed E-state index contributed by atoms with van der Waals surface area (Å²) < 4.78 is 11.7. The quantitative estimate of drug-likeness (QED) is 0.652.